The van der Waals surface area contributed by atoms with E-state index in [1.807, 2.05) is 0 Å². The second-order valence-corrected chi connectivity index (χ2v) is 7.57. The van der Waals surface area contributed by atoms with Gasteiger partial charge in [-0.1, -0.05) is 48.2 Å². The third-order valence-corrected chi connectivity index (χ3v) is 5.92. The molecule has 5 heteroatoms. The minimum atomic E-state index is 0.0910. The number of hydrogen-bond donors (Lipinski definition) is 1. The topological polar surface area (TPSA) is 32.3 Å². The first-order valence-electron chi connectivity index (χ1n) is 8.03. The van der Waals surface area contributed by atoms with Gasteiger partial charge >= 0.3 is 0 Å². The van der Waals surface area contributed by atoms with Crippen LogP contribution >= 0.6 is 24.0 Å². The van der Waals surface area contributed by atoms with Crippen LogP contribution in [0.4, 0.5) is 0 Å². The summed E-state index contributed by atoms with van der Waals surface area (Å²) in [4.78, 5) is 14.4. The van der Waals surface area contributed by atoms with Crippen molar-refractivity contribution in [1.29, 1.82) is 0 Å². The molecular weight excluding hydrogens is 312 g/mol. The Bertz CT molecular complexity index is 555. The highest BCUT2D eigenvalue weighted by Crippen LogP contribution is 2.29. The van der Waals surface area contributed by atoms with E-state index in [4.69, 9.17) is 12.2 Å². The van der Waals surface area contributed by atoms with E-state index in [0.717, 1.165) is 36.7 Å². The second-order valence-electron chi connectivity index (χ2n) is 5.96. The summed E-state index contributed by atoms with van der Waals surface area (Å²) in [6, 6.07) is 8.61. The average Bonchev–Trinajstić information content (AvgIpc) is 3.07. The van der Waals surface area contributed by atoms with Crippen molar-refractivity contribution < 1.29 is 4.79 Å². The molecule has 1 amide bonds. The fourth-order valence-electron chi connectivity index (χ4n) is 3.26. The summed E-state index contributed by atoms with van der Waals surface area (Å²) >= 11 is 6.91. The summed E-state index contributed by atoms with van der Waals surface area (Å²) in [6.45, 7) is 2.09. The number of aryl methyl sites for hydroxylation is 1. The van der Waals surface area contributed by atoms with Gasteiger partial charge in [0.25, 0.3) is 0 Å². The number of hydrogen-bond acceptors (Lipinski definition) is 3. The number of rotatable bonds is 3. The van der Waals surface area contributed by atoms with Crippen molar-refractivity contribution in [2.75, 3.05) is 18.8 Å². The molecule has 1 aromatic carbocycles. The third-order valence-electron chi connectivity index (χ3n) is 4.40. The Kier molecular flexibility index (Phi) is 5.37. The van der Waals surface area contributed by atoms with E-state index in [9.17, 15) is 4.79 Å². The molecule has 1 atom stereocenters. The lowest BCUT2D eigenvalue weighted by Crippen LogP contribution is -2.33. The Hall–Kier alpha value is -1.07. The number of thiocarbonyl (C=S) groups is 1. The van der Waals surface area contributed by atoms with Crippen LogP contribution in [-0.2, 0) is 11.2 Å². The van der Waals surface area contributed by atoms with Crippen LogP contribution < -0.4 is 5.32 Å². The fraction of sp³-hybridized carbons (Fsp3) is 0.529. The molecule has 0 unspecified atom stereocenters. The summed E-state index contributed by atoms with van der Waals surface area (Å²) in [7, 11) is 0. The monoisotopic (exact) mass is 334 g/mol. The molecule has 1 fully saturated rings. The van der Waals surface area contributed by atoms with Crippen molar-refractivity contribution >= 4 is 34.2 Å². The van der Waals surface area contributed by atoms with Crippen molar-refractivity contribution in [1.82, 2.24) is 10.2 Å². The summed E-state index contributed by atoms with van der Waals surface area (Å²) in [5, 5.41) is 3.18. The SMILES string of the molecule is O=C(CSC(=S)N1CCCC1)N[C@@H]1CCCc2ccccc21. The largest absolute Gasteiger partial charge is 0.358 e. The summed E-state index contributed by atoms with van der Waals surface area (Å²) < 4.78 is 0.872. The molecule has 0 spiro atoms. The zero-order chi connectivity index (χ0) is 15.4. The second kappa shape index (κ2) is 7.47. The maximum Gasteiger partial charge on any atom is 0.230 e. The molecule has 3 rings (SSSR count). The van der Waals surface area contributed by atoms with Crippen LogP contribution in [0.5, 0.6) is 0 Å². The van der Waals surface area contributed by atoms with E-state index < -0.39 is 0 Å². The standard InChI is InChI=1S/C17H22N2OS2/c20-16(12-22-17(21)19-10-3-4-11-19)18-15-9-5-7-13-6-1-2-8-14(13)15/h1-2,6,8,15H,3-5,7,9-12H2,(H,18,20)/t15-/m1/s1. The van der Waals surface area contributed by atoms with Crippen LogP contribution in [0.25, 0.3) is 0 Å². The van der Waals surface area contributed by atoms with Crippen molar-refractivity contribution in [3.05, 3.63) is 35.4 Å². The molecule has 0 bridgehead atoms. The molecule has 118 valence electrons. The van der Waals surface area contributed by atoms with Crippen LogP contribution in [0.15, 0.2) is 24.3 Å². The van der Waals surface area contributed by atoms with Crippen LogP contribution in [0.1, 0.15) is 42.9 Å². The Labute approximate surface area is 141 Å². The van der Waals surface area contributed by atoms with Gasteiger partial charge in [0.05, 0.1) is 11.8 Å². The summed E-state index contributed by atoms with van der Waals surface area (Å²) in [5.41, 5.74) is 2.66. The number of nitrogens with one attached hydrogen (secondary N) is 1. The van der Waals surface area contributed by atoms with E-state index in [-0.39, 0.29) is 11.9 Å². The van der Waals surface area contributed by atoms with E-state index in [1.165, 1.54) is 35.7 Å². The van der Waals surface area contributed by atoms with E-state index in [0.29, 0.717) is 5.75 Å². The minimum absolute atomic E-state index is 0.0910. The minimum Gasteiger partial charge on any atom is -0.358 e. The Morgan fingerprint density at radius 2 is 2.05 bits per heavy atom. The van der Waals surface area contributed by atoms with Gasteiger partial charge in [-0.15, -0.1) is 0 Å². The first kappa shape index (κ1) is 15.8. The predicted molar refractivity (Wildman–Crippen MR) is 96.1 cm³/mol. The number of nitrogens with zero attached hydrogens (tertiary/aromatic N) is 1. The molecule has 0 aromatic heterocycles. The fourth-order valence-corrected chi connectivity index (χ4v) is 4.32. The Morgan fingerprint density at radius 1 is 1.27 bits per heavy atom. The van der Waals surface area contributed by atoms with Gasteiger partial charge in [0, 0.05) is 13.1 Å². The summed E-state index contributed by atoms with van der Waals surface area (Å²) in [6.07, 6.45) is 5.72. The lowest BCUT2D eigenvalue weighted by molar-refractivity contribution is -0.119. The number of carbonyl (C=O) groups is 1. The van der Waals surface area contributed by atoms with Crippen molar-refractivity contribution in [2.45, 2.75) is 38.1 Å². The van der Waals surface area contributed by atoms with E-state index >= 15 is 0 Å². The van der Waals surface area contributed by atoms with Gasteiger partial charge in [0.1, 0.15) is 4.32 Å². The molecule has 0 saturated carbocycles. The predicted octanol–water partition coefficient (Wildman–Crippen LogP) is 3.29. The van der Waals surface area contributed by atoms with Gasteiger partial charge in [-0.2, -0.15) is 0 Å². The lowest BCUT2D eigenvalue weighted by Gasteiger charge is -2.26. The number of thioether (sulfide) groups is 1. The smallest absolute Gasteiger partial charge is 0.230 e. The number of fused-ring (bicyclic) bond motifs is 1. The first-order chi connectivity index (χ1) is 10.7. The molecular formula is C17H22N2OS2. The van der Waals surface area contributed by atoms with E-state index in [2.05, 4.69) is 34.5 Å². The quantitative estimate of drug-likeness (QED) is 0.860. The van der Waals surface area contributed by atoms with Crippen LogP contribution in [0.2, 0.25) is 0 Å². The molecule has 1 aromatic rings. The van der Waals surface area contributed by atoms with Gasteiger partial charge in [0.2, 0.25) is 5.91 Å². The molecule has 1 aliphatic carbocycles. The van der Waals surface area contributed by atoms with E-state index in [1.54, 1.807) is 0 Å². The number of benzene rings is 1. The van der Waals surface area contributed by atoms with Gasteiger partial charge in [-0.3, -0.25) is 4.79 Å². The number of amides is 1. The maximum atomic E-state index is 12.2. The first-order valence-corrected chi connectivity index (χ1v) is 9.42. The zero-order valence-corrected chi connectivity index (χ0v) is 14.3. The lowest BCUT2D eigenvalue weighted by atomic mass is 9.88. The maximum absolute atomic E-state index is 12.2. The Morgan fingerprint density at radius 3 is 2.86 bits per heavy atom. The highest BCUT2D eigenvalue weighted by molar-refractivity contribution is 8.23. The Balaban J connectivity index is 1.51. The van der Waals surface area contributed by atoms with Gasteiger partial charge in [-0.25, -0.2) is 0 Å². The number of likely N-dealkylation sites (tertiary alicyclic amines) is 1. The van der Waals surface area contributed by atoms with Crippen LogP contribution in [-0.4, -0.2) is 34.0 Å². The van der Waals surface area contributed by atoms with Crippen LogP contribution in [0, 0.1) is 0 Å². The van der Waals surface area contributed by atoms with Crippen molar-refractivity contribution in [3.8, 4) is 0 Å². The van der Waals surface area contributed by atoms with Crippen molar-refractivity contribution in [2.24, 2.45) is 0 Å². The highest BCUT2D eigenvalue weighted by atomic mass is 32.2. The molecule has 1 heterocycles. The normalized spacial score (nSPS) is 20.5. The highest BCUT2D eigenvalue weighted by Gasteiger charge is 2.22. The molecule has 1 saturated heterocycles. The summed E-state index contributed by atoms with van der Waals surface area (Å²) in [5.74, 6) is 0.516. The molecule has 3 nitrogen and oxygen atoms in total. The average molecular weight is 335 g/mol. The number of carbonyl (C=O) groups excluding carboxylic acids is 1. The third kappa shape index (κ3) is 3.82. The molecule has 1 N–H and O–H groups in total. The van der Waals surface area contributed by atoms with Gasteiger partial charge < -0.3 is 10.2 Å². The molecule has 2 aliphatic rings. The van der Waals surface area contributed by atoms with Crippen LogP contribution in [0.3, 0.4) is 0 Å². The van der Waals surface area contributed by atoms with Gasteiger partial charge in [-0.05, 0) is 43.2 Å². The molecule has 0 radical (unpaired) electrons. The van der Waals surface area contributed by atoms with Gasteiger partial charge in [0.15, 0.2) is 0 Å². The molecule has 1 aliphatic heterocycles. The van der Waals surface area contributed by atoms with Crippen molar-refractivity contribution in [3.63, 3.8) is 0 Å². The zero-order valence-electron chi connectivity index (χ0n) is 12.7. The molecule has 22 heavy (non-hydrogen) atoms.